The summed E-state index contributed by atoms with van der Waals surface area (Å²) in [6.45, 7) is 2.54. The van der Waals surface area contributed by atoms with Gasteiger partial charge in [-0.3, -0.25) is 4.98 Å². The third kappa shape index (κ3) is 2.74. The van der Waals surface area contributed by atoms with E-state index in [0.717, 1.165) is 12.1 Å². The summed E-state index contributed by atoms with van der Waals surface area (Å²) in [4.78, 5) is 8.12. The second-order valence-corrected chi connectivity index (χ2v) is 2.70. The molecule has 1 aromatic heterocycles. The Hall–Kier alpha value is -1.58. The number of aryl methyl sites for hydroxylation is 1. The van der Waals surface area contributed by atoms with Crippen molar-refractivity contribution in [3.8, 4) is 0 Å². The Labute approximate surface area is 77.7 Å². The fourth-order valence-electron chi connectivity index (χ4n) is 1.10. The molecular formula is C9H14N4. The maximum absolute atomic E-state index is 5.23. The maximum atomic E-state index is 5.23. The topological polar surface area (TPSA) is 77.3 Å². The lowest BCUT2D eigenvalue weighted by atomic mass is 10.1. The number of nitrogens with two attached hydrogens (primary N) is 2. The molecule has 0 saturated heterocycles. The Balaban J connectivity index is 2.81. The third-order valence-electron chi connectivity index (χ3n) is 1.78. The van der Waals surface area contributed by atoms with Gasteiger partial charge in [0.1, 0.15) is 0 Å². The molecule has 4 heteroatoms. The second kappa shape index (κ2) is 4.45. The van der Waals surface area contributed by atoms with E-state index in [4.69, 9.17) is 11.5 Å². The maximum Gasteiger partial charge on any atom is 0.186 e. The zero-order valence-corrected chi connectivity index (χ0v) is 7.70. The van der Waals surface area contributed by atoms with Gasteiger partial charge in [0.2, 0.25) is 0 Å². The Morgan fingerprint density at radius 3 is 2.92 bits per heavy atom. The van der Waals surface area contributed by atoms with Gasteiger partial charge in [-0.25, -0.2) is 4.99 Å². The van der Waals surface area contributed by atoms with E-state index < -0.39 is 0 Å². The second-order valence-electron chi connectivity index (χ2n) is 2.70. The lowest BCUT2D eigenvalue weighted by Crippen LogP contribution is -2.22. The molecule has 0 aliphatic heterocycles. The highest BCUT2D eigenvalue weighted by molar-refractivity contribution is 5.75. The van der Waals surface area contributed by atoms with Crippen molar-refractivity contribution in [2.75, 3.05) is 0 Å². The number of hydrogen-bond acceptors (Lipinski definition) is 2. The van der Waals surface area contributed by atoms with Gasteiger partial charge in [-0.2, -0.15) is 0 Å². The van der Waals surface area contributed by atoms with Crippen molar-refractivity contribution in [3.63, 3.8) is 0 Å². The normalized spacial score (nSPS) is 9.62. The summed E-state index contributed by atoms with van der Waals surface area (Å²) >= 11 is 0. The van der Waals surface area contributed by atoms with Crippen molar-refractivity contribution in [2.24, 2.45) is 16.5 Å². The minimum atomic E-state index is 0.104. The minimum absolute atomic E-state index is 0.104. The van der Waals surface area contributed by atoms with Crippen molar-refractivity contribution >= 4 is 5.96 Å². The van der Waals surface area contributed by atoms with Crippen LogP contribution in [0.2, 0.25) is 0 Å². The number of aliphatic imine (C=N–C) groups is 1. The number of pyridine rings is 1. The highest BCUT2D eigenvalue weighted by Gasteiger charge is 1.99. The van der Waals surface area contributed by atoms with Crippen molar-refractivity contribution < 1.29 is 0 Å². The van der Waals surface area contributed by atoms with Crippen LogP contribution in [0.15, 0.2) is 23.3 Å². The van der Waals surface area contributed by atoms with Crippen LogP contribution in [0.5, 0.6) is 0 Å². The van der Waals surface area contributed by atoms with Gasteiger partial charge >= 0.3 is 0 Å². The van der Waals surface area contributed by atoms with E-state index in [0.29, 0.717) is 6.54 Å². The van der Waals surface area contributed by atoms with Crippen LogP contribution < -0.4 is 11.5 Å². The van der Waals surface area contributed by atoms with E-state index in [2.05, 4.69) is 16.9 Å². The van der Waals surface area contributed by atoms with Crippen LogP contribution in [0, 0.1) is 0 Å². The summed E-state index contributed by atoms with van der Waals surface area (Å²) in [6, 6.07) is 3.95. The molecule has 13 heavy (non-hydrogen) atoms. The largest absolute Gasteiger partial charge is 0.370 e. The zero-order chi connectivity index (χ0) is 9.68. The average molecular weight is 178 g/mol. The highest BCUT2D eigenvalue weighted by atomic mass is 15.0. The summed E-state index contributed by atoms with van der Waals surface area (Å²) in [5.74, 6) is 0.104. The summed E-state index contributed by atoms with van der Waals surface area (Å²) in [5.41, 5.74) is 12.6. The summed E-state index contributed by atoms with van der Waals surface area (Å²) in [7, 11) is 0. The van der Waals surface area contributed by atoms with E-state index >= 15 is 0 Å². The van der Waals surface area contributed by atoms with Gasteiger partial charge in [0.25, 0.3) is 0 Å². The third-order valence-corrected chi connectivity index (χ3v) is 1.78. The molecule has 0 saturated carbocycles. The van der Waals surface area contributed by atoms with Crippen molar-refractivity contribution in [1.29, 1.82) is 0 Å². The van der Waals surface area contributed by atoms with Crippen LogP contribution in [0.3, 0.4) is 0 Å². The highest BCUT2D eigenvalue weighted by Crippen LogP contribution is 2.06. The van der Waals surface area contributed by atoms with Gasteiger partial charge in [-0.15, -0.1) is 0 Å². The molecule has 1 rings (SSSR count). The number of rotatable bonds is 3. The minimum Gasteiger partial charge on any atom is -0.370 e. The summed E-state index contributed by atoms with van der Waals surface area (Å²) in [5, 5.41) is 0. The summed E-state index contributed by atoms with van der Waals surface area (Å²) < 4.78 is 0. The van der Waals surface area contributed by atoms with E-state index in [1.807, 2.05) is 12.1 Å². The molecule has 0 aliphatic carbocycles. The summed E-state index contributed by atoms with van der Waals surface area (Å²) in [6.07, 6.45) is 2.69. The molecule has 0 aromatic carbocycles. The molecule has 1 heterocycles. The van der Waals surface area contributed by atoms with Crippen LogP contribution in [0.4, 0.5) is 0 Å². The molecule has 0 atom stereocenters. The van der Waals surface area contributed by atoms with Crippen molar-refractivity contribution in [3.05, 3.63) is 29.6 Å². The van der Waals surface area contributed by atoms with Crippen molar-refractivity contribution in [2.45, 2.75) is 19.9 Å². The van der Waals surface area contributed by atoms with Crippen molar-refractivity contribution in [1.82, 2.24) is 4.98 Å². The van der Waals surface area contributed by atoms with Gasteiger partial charge in [0, 0.05) is 6.20 Å². The van der Waals surface area contributed by atoms with Gasteiger partial charge in [0.15, 0.2) is 5.96 Å². The SMILES string of the molecule is CCc1cccnc1CN=C(N)N. The molecule has 0 aliphatic rings. The average Bonchev–Trinajstić information content (AvgIpc) is 2.15. The van der Waals surface area contributed by atoms with Crippen LogP contribution in [0.1, 0.15) is 18.2 Å². The molecule has 0 fully saturated rings. The van der Waals surface area contributed by atoms with E-state index in [1.165, 1.54) is 5.56 Å². The molecule has 1 aromatic rings. The van der Waals surface area contributed by atoms with E-state index in [1.54, 1.807) is 6.20 Å². The molecule has 0 amide bonds. The molecule has 70 valence electrons. The number of guanidine groups is 1. The molecular weight excluding hydrogens is 164 g/mol. The van der Waals surface area contributed by atoms with Gasteiger partial charge in [-0.05, 0) is 18.1 Å². The Morgan fingerprint density at radius 2 is 2.31 bits per heavy atom. The number of nitrogens with zero attached hydrogens (tertiary/aromatic N) is 2. The smallest absolute Gasteiger partial charge is 0.186 e. The quantitative estimate of drug-likeness (QED) is 0.520. The van der Waals surface area contributed by atoms with Gasteiger partial charge < -0.3 is 11.5 Å². The fourth-order valence-corrected chi connectivity index (χ4v) is 1.10. The molecule has 4 nitrogen and oxygen atoms in total. The lowest BCUT2D eigenvalue weighted by Gasteiger charge is -2.02. The van der Waals surface area contributed by atoms with Gasteiger partial charge in [0.05, 0.1) is 12.2 Å². The first-order chi connectivity index (χ1) is 6.24. The standard InChI is InChI=1S/C9H14N4/c1-2-7-4-3-5-12-8(7)6-13-9(10)11/h3-5H,2,6H2,1H3,(H4,10,11,13). The first kappa shape index (κ1) is 9.51. The lowest BCUT2D eigenvalue weighted by molar-refractivity contribution is 0.931. The van der Waals surface area contributed by atoms with Crippen LogP contribution in [0.25, 0.3) is 0 Å². The zero-order valence-electron chi connectivity index (χ0n) is 7.70. The predicted octanol–water partition coefficient (Wildman–Crippen LogP) is 0.417. The molecule has 0 unspecified atom stereocenters. The predicted molar refractivity (Wildman–Crippen MR) is 53.1 cm³/mol. The Kier molecular flexibility index (Phi) is 3.25. The molecule has 0 radical (unpaired) electrons. The van der Waals surface area contributed by atoms with E-state index in [9.17, 15) is 0 Å². The number of aromatic nitrogens is 1. The molecule has 0 bridgehead atoms. The molecule has 0 spiro atoms. The van der Waals surface area contributed by atoms with Gasteiger partial charge in [-0.1, -0.05) is 13.0 Å². The van der Waals surface area contributed by atoms with E-state index in [-0.39, 0.29) is 5.96 Å². The Morgan fingerprint density at radius 1 is 1.54 bits per heavy atom. The van der Waals surface area contributed by atoms with Crippen LogP contribution in [-0.4, -0.2) is 10.9 Å². The number of hydrogen-bond donors (Lipinski definition) is 2. The first-order valence-electron chi connectivity index (χ1n) is 4.22. The molecule has 4 N–H and O–H groups in total. The first-order valence-corrected chi connectivity index (χ1v) is 4.22. The monoisotopic (exact) mass is 178 g/mol. The fraction of sp³-hybridized carbons (Fsp3) is 0.333. The Bertz CT molecular complexity index is 302. The van der Waals surface area contributed by atoms with Crippen LogP contribution >= 0.6 is 0 Å². The van der Waals surface area contributed by atoms with Crippen LogP contribution in [-0.2, 0) is 13.0 Å².